The SMILES string of the molecule is CCOP(=O)(OCC)C(F)(F)c1sc2ccc(OCCc3ccccc3)cc2c1Br. The first-order chi connectivity index (χ1) is 14.3. The number of fused-ring (bicyclic) bond motifs is 1. The van der Waals surface area contributed by atoms with Crippen molar-refractivity contribution in [1.29, 1.82) is 0 Å². The molecule has 9 heteroatoms. The standard InChI is InChI=1S/C21H22BrF2O4PS/c1-3-27-29(25,28-4-2)21(23,24)20-19(22)17-14-16(10-11-18(17)30-20)26-13-12-15-8-6-5-7-9-15/h5-11,14H,3-4,12-13H2,1-2H3. The zero-order chi connectivity index (χ0) is 21.8. The van der Waals surface area contributed by atoms with E-state index in [2.05, 4.69) is 15.9 Å². The molecule has 0 fully saturated rings. The fourth-order valence-corrected chi connectivity index (χ4v) is 6.89. The highest BCUT2D eigenvalue weighted by atomic mass is 79.9. The molecule has 0 atom stereocenters. The van der Waals surface area contributed by atoms with Gasteiger partial charge in [-0.05, 0) is 53.5 Å². The van der Waals surface area contributed by atoms with Crippen molar-refractivity contribution in [3.63, 3.8) is 0 Å². The summed E-state index contributed by atoms with van der Waals surface area (Å²) in [6, 6.07) is 15.1. The van der Waals surface area contributed by atoms with Gasteiger partial charge in [0.1, 0.15) is 10.6 Å². The Labute approximate surface area is 186 Å². The van der Waals surface area contributed by atoms with Gasteiger partial charge in [0.05, 0.1) is 19.8 Å². The van der Waals surface area contributed by atoms with Crippen molar-refractivity contribution in [3.8, 4) is 5.75 Å². The minimum Gasteiger partial charge on any atom is -0.493 e. The number of ether oxygens (including phenoxy) is 1. The lowest BCUT2D eigenvalue weighted by molar-refractivity contribution is 0.0387. The minimum absolute atomic E-state index is 0.144. The molecule has 0 saturated carbocycles. The fraction of sp³-hybridized carbons (Fsp3) is 0.333. The summed E-state index contributed by atoms with van der Waals surface area (Å²) in [6.45, 7) is 3.18. The number of rotatable bonds is 10. The lowest BCUT2D eigenvalue weighted by Crippen LogP contribution is -2.17. The van der Waals surface area contributed by atoms with E-state index in [-0.39, 0.29) is 22.6 Å². The van der Waals surface area contributed by atoms with Crippen LogP contribution in [0.1, 0.15) is 24.3 Å². The molecule has 0 amide bonds. The maximum atomic E-state index is 15.2. The predicted molar refractivity (Wildman–Crippen MR) is 120 cm³/mol. The van der Waals surface area contributed by atoms with Crippen molar-refractivity contribution >= 4 is 44.9 Å². The average Bonchev–Trinajstić information content (AvgIpc) is 3.06. The van der Waals surface area contributed by atoms with E-state index in [1.807, 2.05) is 30.3 Å². The number of hydrogen-bond acceptors (Lipinski definition) is 5. The highest BCUT2D eigenvalue weighted by molar-refractivity contribution is 9.10. The topological polar surface area (TPSA) is 44.8 Å². The first-order valence-electron chi connectivity index (χ1n) is 9.48. The molecule has 0 aliphatic rings. The van der Waals surface area contributed by atoms with Crippen LogP contribution in [0.25, 0.3) is 10.1 Å². The molecule has 0 aliphatic carbocycles. The molecular formula is C21H22BrF2O4PS. The largest absolute Gasteiger partial charge is 0.493 e. The van der Waals surface area contributed by atoms with Gasteiger partial charge in [0.15, 0.2) is 0 Å². The third-order valence-electron chi connectivity index (χ3n) is 4.32. The molecule has 0 N–H and O–H groups in total. The van der Waals surface area contributed by atoms with Crippen molar-refractivity contribution < 1.29 is 27.1 Å². The van der Waals surface area contributed by atoms with Gasteiger partial charge in [0.2, 0.25) is 0 Å². The van der Waals surface area contributed by atoms with Gasteiger partial charge in [-0.2, -0.15) is 8.78 Å². The second-order valence-corrected chi connectivity index (χ2v) is 10.3. The summed E-state index contributed by atoms with van der Waals surface area (Å²) >= 11 is 4.12. The molecule has 1 aromatic heterocycles. The smallest absolute Gasteiger partial charge is 0.405 e. The van der Waals surface area contributed by atoms with Crippen LogP contribution in [0.15, 0.2) is 53.0 Å². The van der Waals surface area contributed by atoms with Crippen LogP contribution in [0.4, 0.5) is 8.78 Å². The summed E-state index contributed by atoms with van der Waals surface area (Å²) in [5, 5.41) is 0.562. The molecule has 30 heavy (non-hydrogen) atoms. The summed E-state index contributed by atoms with van der Waals surface area (Å²) in [7, 11) is -4.67. The molecule has 4 nitrogen and oxygen atoms in total. The Bertz CT molecular complexity index is 1030. The Kier molecular flexibility index (Phi) is 7.69. The van der Waals surface area contributed by atoms with Crippen LogP contribution in [-0.4, -0.2) is 19.8 Å². The van der Waals surface area contributed by atoms with E-state index in [4.69, 9.17) is 13.8 Å². The minimum atomic E-state index is -4.67. The Hall–Kier alpha value is -1.31. The van der Waals surface area contributed by atoms with Gasteiger partial charge >= 0.3 is 13.3 Å². The van der Waals surface area contributed by atoms with E-state index in [1.54, 1.807) is 18.2 Å². The molecule has 0 radical (unpaired) electrons. The van der Waals surface area contributed by atoms with E-state index in [0.717, 1.165) is 23.3 Å². The third kappa shape index (κ3) is 4.78. The van der Waals surface area contributed by atoms with Crippen molar-refractivity contribution in [1.82, 2.24) is 0 Å². The lowest BCUT2D eigenvalue weighted by Gasteiger charge is -2.25. The van der Waals surface area contributed by atoms with Crippen LogP contribution in [0.3, 0.4) is 0 Å². The van der Waals surface area contributed by atoms with Gasteiger partial charge in [-0.3, -0.25) is 4.57 Å². The molecule has 2 aromatic carbocycles. The molecule has 0 aliphatic heterocycles. The molecular weight excluding hydrogens is 497 g/mol. The van der Waals surface area contributed by atoms with Crippen LogP contribution in [0.5, 0.6) is 5.75 Å². The predicted octanol–water partition coefficient (Wildman–Crippen LogP) is 7.60. The third-order valence-corrected chi connectivity index (χ3v) is 8.90. The summed E-state index contributed by atoms with van der Waals surface area (Å²) in [6.07, 6.45) is 0.735. The summed E-state index contributed by atoms with van der Waals surface area (Å²) in [5.41, 5.74) is -2.63. The lowest BCUT2D eigenvalue weighted by atomic mass is 10.2. The highest BCUT2D eigenvalue weighted by Crippen LogP contribution is 2.69. The van der Waals surface area contributed by atoms with Crippen molar-refractivity contribution in [2.75, 3.05) is 19.8 Å². The molecule has 1 heterocycles. The van der Waals surface area contributed by atoms with Gasteiger partial charge < -0.3 is 13.8 Å². The zero-order valence-electron chi connectivity index (χ0n) is 16.6. The molecule has 0 saturated heterocycles. The fourth-order valence-electron chi connectivity index (χ4n) is 2.93. The average molecular weight is 519 g/mol. The summed E-state index contributed by atoms with van der Waals surface area (Å²) in [4.78, 5) is -0.385. The van der Waals surface area contributed by atoms with E-state index in [9.17, 15) is 4.57 Å². The molecule has 0 unspecified atom stereocenters. The normalized spacial score (nSPS) is 12.4. The second-order valence-electron chi connectivity index (χ2n) is 6.36. The first kappa shape index (κ1) is 23.4. The van der Waals surface area contributed by atoms with Crippen LogP contribution in [0.2, 0.25) is 0 Å². The van der Waals surface area contributed by atoms with E-state index in [1.165, 1.54) is 13.8 Å². The Morgan fingerprint density at radius 3 is 2.37 bits per heavy atom. The quantitative estimate of drug-likeness (QED) is 0.259. The molecule has 162 valence electrons. The maximum Gasteiger partial charge on any atom is 0.405 e. The molecule has 0 spiro atoms. The van der Waals surface area contributed by atoms with Gasteiger partial charge in [-0.15, -0.1) is 11.3 Å². The Morgan fingerprint density at radius 1 is 1.07 bits per heavy atom. The number of thiophene rings is 1. The van der Waals surface area contributed by atoms with Gasteiger partial charge in [0, 0.05) is 21.0 Å². The maximum absolute atomic E-state index is 15.2. The zero-order valence-corrected chi connectivity index (χ0v) is 19.9. The Balaban J connectivity index is 1.85. The highest BCUT2D eigenvalue weighted by Gasteiger charge is 2.57. The number of alkyl halides is 2. The van der Waals surface area contributed by atoms with Crippen LogP contribution in [0, 0.1) is 0 Å². The molecule has 3 aromatic rings. The summed E-state index contributed by atoms with van der Waals surface area (Å²) < 4.78 is 59.6. The van der Waals surface area contributed by atoms with Crippen LogP contribution < -0.4 is 4.74 Å². The Morgan fingerprint density at radius 2 is 1.73 bits per heavy atom. The van der Waals surface area contributed by atoms with Gasteiger partial charge in [-0.25, -0.2) is 0 Å². The second kappa shape index (κ2) is 9.88. The monoisotopic (exact) mass is 518 g/mol. The van der Waals surface area contributed by atoms with Crippen LogP contribution in [-0.2, 0) is 25.7 Å². The van der Waals surface area contributed by atoms with E-state index >= 15 is 8.78 Å². The number of benzene rings is 2. The van der Waals surface area contributed by atoms with Crippen molar-refractivity contribution in [2.24, 2.45) is 0 Å². The van der Waals surface area contributed by atoms with Gasteiger partial charge in [-0.1, -0.05) is 30.3 Å². The molecule has 3 rings (SSSR count). The van der Waals surface area contributed by atoms with E-state index < -0.39 is 13.3 Å². The van der Waals surface area contributed by atoms with Gasteiger partial charge in [0.25, 0.3) is 0 Å². The van der Waals surface area contributed by atoms with E-state index in [0.29, 0.717) is 22.4 Å². The number of halogens is 3. The van der Waals surface area contributed by atoms with Crippen molar-refractivity contribution in [2.45, 2.75) is 25.9 Å². The van der Waals surface area contributed by atoms with Crippen LogP contribution >= 0.6 is 34.9 Å². The first-order valence-corrected chi connectivity index (χ1v) is 12.6. The number of hydrogen-bond donors (Lipinski definition) is 0. The molecule has 0 bridgehead atoms. The van der Waals surface area contributed by atoms with Crippen molar-refractivity contribution in [3.05, 3.63) is 63.4 Å². The summed E-state index contributed by atoms with van der Waals surface area (Å²) in [5.74, 6) is 0.574.